The first kappa shape index (κ1) is 13.7. The number of fused-ring (bicyclic) bond motifs is 1. The summed E-state index contributed by atoms with van der Waals surface area (Å²) in [5.41, 5.74) is 0.621. The molecule has 2 unspecified atom stereocenters. The predicted molar refractivity (Wildman–Crippen MR) is 79.6 cm³/mol. The average Bonchev–Trinajstić information content (AvgIpc) is 2.93. The van der Waals surface area contributed by atoms with E-state index >= 15 is 0 Å². The number of carbonyl (C=O) groups excluding carboxylic acids is 1. The van der Waals surface area contributed by atoms with E-state index in [2.05, 4.69) is 21.2 Å². The summed E-state index contributed by atoms with van der Waals surface area (Å²) >= 11 is 3.71. The van der Waals surface area contributed by atoms with Gasteiger partial charge in [0, 0.05) is 16.9 Å². The lowest BCUT2D eigenvalue weighted by atomic mass is 9.89. The Morgan fingerprint density at radius 1 is 1.25 bits per heavy atom. The van der Waals surface area contributed by atoms with E-state index in [0.717, 1.165) is 6.54 Å². The molecule has 3 rings (SSSR count). The largest absolute Gasteiger partial charge is 0.454 e. The molecular formula is C15H18BrNO3. The molecule has 0 bridgehead atoms. The topological polar surface area (TPSA) is 47.6 Å². The van der Waals surface area contributed by atoms with Crippen molar-refractivity contribution in [3.05, 3.63) is 23.8 Å². The third-order valence-corrected chi connectivity index (χ3v) is 5.18. The van der Waals surface area contributed by atoms with Crippen LogP contribution in [0.15, 0.2) is 18.2 Å². The summed E-state index contributed by atoms with van der Waals surface area (Å²) in [6.07, 6.45) is 4.91. The van der Waals surface area contributed by atoms with E-state index in [-0.39, 0.29) is 12.7 Å². The van der Waals surface area contributed by atoms with E-state index in [0.29, 0.717) is 27.8 Å². The van der Waals surface area contributed by atoms with Crippen LogP contribution in [0.5, 0.6) is 11.5 Å². The van der Waals surface area contributed by atoms with Crippen molar-refractivity contribution in [3.8, 4) is 11.5 Å². The van der Waals surface area contributed by atoms with E-state index in [9.17, 15) is 4.79 Å². The van der Waals surface area contributed by atoms with Crippen LogP contribution in [-0.4, -0.2) is 24.1 Å². The van der Waals surface area contributed by atoms with Crippen LogP contribution >= 0.6 is 15.9 Å². The summed E-state index contributed by atoms with van der Waals surface area (Å²) < 4.78 is 10.5. The van der Waals surface area contributed by atoms with Crippen LogP contribution in [0.4, 0.5) is 0 Å². The normalized spacial score (nSPS) is 24.4. The Labute approximate surface area is 127 Å². The Bertz CT molecular complexity index is 506. The third-order valence-electron chi connectivity index (χ3n) is 3.98. The van der Waals surface area contributed by atoms with Crippen LogP contribution in [0.2, 0.25) is 0 Å². The Hall–Kier alpha value is -1.23. The number of alkyl halides is 1. The van der Waals surface area contributed by atoms with Gasteiger partial charge in [-0.1, -0.05) is 28.8 Å². The maximum absolute atomic E-state index is 12.2. The SMILES string of the molecule is O=C(NCC1CCCCC1Br)c1ccc2c(c1)OCO2. The molecule has 0 radical (unpaired) electrons. The summed E-state index contributed by atoms with van der Waals surface area (Å²) in [4.78, 5) is 12.7. The molecule has 4 nitrogen and oxygen atoms in total. The van der Waals surface area contributed by atoms with Crippen LogP contribution in [0.1, 0.15) is 36.0 Å². The molecule has 1 aliphatic carbocycles. The lowest BCUT2D eigenvalue weighted by molar-refractivity contribution is 0.0944. The number of ether oxygens (including phenoxy) is 2. The van der Waals surface area contributed by atoms with E-state index in [1.807, 2.05) is 0 Å². The Morgan fingerprint density at radius 3 is 2.90 bits per heavy atom. The predicted octanol–water partition coefficient (Wildman–Crippen LogP) is 3.10. The smallest absolute Gasteiger partial charge is 0.251 e. The Morgan fingerprint density at radius 2 is 2.05 bits per heavy atom. The molecule has 2 aliphatic rings. The highest BCUT2D eigenvalue weighted by atomic mass is 79.9. The fraction of sp³-hybridized carbons (Fsp3) is 0.533. The van der Waals surface area contributed by atoms with Gasteiger partial charge in [-0.05, 0) is 37.0 Å². The van der Waals surface area contributed by atoms with E-state index in [1.165, 1.54) is 25.7 Å². The second kappa shape index (κ2) is 6.04. The minimum Gasteiger partial charge on any atom is -0.454 e. The summed E-state index contributed by atoms with van der Waals surface area (Å²) in [6.45, 7) is 0.955. The molecule has 1 amide bonds. The van der Waals surface area contributed by atoms with Crippen molar-refractivity contribution in [2.24, 2.45) is 5.92 Å². The summed E-state index contributed by atoms with van der Waals surface area (Å²) in [7, 11) is 0. The van der Waals surface area contributed by atoms with Gasteiger partial charge in [0.2, 0.25) is 6.79 Å². The Balaban J connectivity index is 1.59. The van der Waals surface area contributed by atoms with Crippen LogP contribution in [0.3, 0.4) is 0 Å². The van der Waals surface area contributed by atoms with E-state index in [1.54, 1.807) is 18.2 Å². The number of carbonyl (C=O) groups is 1. The maximum atomic E-state index is 12.2. The van der Waals surface area contributed by atoms with Crippen LogP contribution in [0, 0.1) is 5.92 Å². The molecule has 1 N–H and O–H groups in total. The molecule has 1 aliphatic heterocycles. The molecule has 1 heterocycles. The molecule has 2 atom stereocenters. The molecule has 0 aromatic heterocycles. The molecule has 108 valence electrons. The fourth-order valence-electron chi connectivity index (χ4n) is 2.76. The number of rotatable bonds is 3. The second-order valence-electron chi connectivity index (χ2n) is 5.34. The molecule has 1 aromatic rings. The molecule has 0 saturated heterocycles. The number of hydrogen-bond acceptors (Lipinski definition) is 3. The highest BCUT2D eigenvalue weighted by molar-refractivity contribution is 9.09. The number of nitrogens with one attached hydrogen (secondary N) is 1. The minimum absolute atomic E-state index is 0.0476. The van der Waals surface area contributed by atoms with E-state index < -0.39 is 0 Å². The lowest BCUT2D eigenvalue weighted by Crippen LogP contribution is -2.34. The van der Waals surface area contributed by atoms with Crippen molar-refractivity contribution in [1.82, 2.24) is 5.32 Å². The summed E-state index contributed by atoms with van der Waals surface area (Å²) in [6, 6.07) is 5.30. The second-order valence-corrected chi connectivity index (χ2v) is 6.51. The van der Waals surface area contributed by atoms with Crippen molar-refractivity contribution in [2.75, 3.05) is 13.3 Å². The quantitative estimate of drug-likeness (QED) is 0.860. The highest BCUT2D eigenvalue weighted by Crippen LogP contribution is 2.32. The molecular weight excluding hydrogens is 322 g/mol. The molecule has 1 fully saturated rings. The Kier molecular flexibility index (Phi) is 4.15. The van der Waals surface area contributed by atoms with E-state index in [4.69, 9.17) is 9.47 Å². The van der Waals surface area contributed by atoms with Gasteiger partial charge in [-0.2, -0.15) is 0 Å². The molecule has 1 aromatic carbocycles. The summed E-state index contributed by atoms with van der Waals surface area (Å²) in [5.74, 6) is 1.83. The first-order chi connectivity index (χ1) is 9.74. The van der Waals surface area contributed by atoms with Gasteiger partial charge >= 0.3 is 0 Å². The fourth-order valence-corrected chi connectivity index (χ4v) is 3.53. The molecule has 5 heteroatoms. The van der Waals surface area contributed by atoms with Gasteiger partial charge in [0.05, 0.1) is 0 Å². The number of halogens is 1. The highest BCUT2D eigenvalue weighted by Gasteiger charge is 2.23. The van der Waals surface area contributed by atoms with Crippen molar-refractivity contribution in [2.45, 2.75) is 30.5 Å². The van der Waals surface area contributed by atoms with Crippen molar-refractivity contribution < 1.29 is 14.3 Å². The third kappa shape index (κ3) is 2.92. The maximum Gasteiger partial charge on any atom is 0.251 e. The first-order valence-corrected chi connectivity index (χ1v) is 7.97. The van der Waals surface area contributed by atoms with Gasteiger partial charge in [-0.3, -0.25) is 4.79 Å². The zero-order chi connectivity index (χ0) is 13.9. The van der Waals surface area contributed by atoms with Crippen LogP contribution < -0.4 is 14.8 Å². The molecule has 1 saturated carbocycles. The number of amides is 1. The van der Waals surface area contributed by atoms with Gasteiger partial charge in [-0.25, -0.2) is 0 Å². The summed E-state index contributed by atoms with van der Waals surface area (Å²) in [5, 5.41) is 3.02. The van der Waals surface area contributed by atoms with Gasteiger partial charge in [0.25, 0.3) is 5.91 Å². The van der Waals surface area contributed by atoms with Crippen molar-refractivity contribution in [3.63, 3.8) is 0 Å². The average molecular weight is 340 g/mol. The zero-order valence-electron chi connectivity index (χ0n) is 11.2. The van der Waals surface area contributed by atoms with Gasteiger partial charge < -0.3 is 14.8 Å². The van der Waals surface area contributed by atoms with Crippen molar-refractivity contribution >= 4 is 21.8 Å². The molecule has 20 heavy (non-hydrogen) atoms. The van der Waals surface area contributed by atoms with Crippen LogP contribution in [0.25, 0.3) is 0 Å². The standard InChI is InChI=1S/C15H18BrNO3/c16-12-4-2-1-3-11(12)8-17-15(18)10-5-6-13-14(7-10)20-9-19-13/h5-7,11-12H,1-4,8-9H2,(H,17,18). The van der Waals surface area contributed by atoms with Crippen molar-refractivity contribution in [1.29, 1.82) is 0 Å². The minimum atomic E-state index is -0.0476. The number of hydrogen-bond donors (Lipinski definition) is 1. The zero-order valence-corrected chi connectivity index (χ0v) is 12.8. The monoisotopic (exact) mass is 339 g/mol. The van der Waals surface area contributed by atoms with Crippen LogP contribution in [-0.2, 0) is 0 Å². The molecule has 0 spiro atoms. The van der Waals surface area contributed by atoms with Gasteiger partial charge in [0.15, 0.2) is 11.5 Å². The van der Waals surface area contributed by atoms with Gasteiger partial charge in [0.1, 0.15) is 0 Å². The van der Waals surface area contributed by atoms with Gasteiger partial charge in [-0.15, -0.1) is 0 Å². The lowest BCUT2D eigenvalue weighted by Gasteiger charge is -2.27. The first-order valence-electron chi connectivity index (χ1n) is 7.06. The number of benzene rings is 1.